The van der Waals surface area contributed by atoms with Crippen LogP contribution in [0.25, 0.3) is 11.0 Å². The fourth-order valence-corrected chi connectivity index (χ4v) is 5.89. The predicted octanol–water partition coefficient (Wildman–Crippen LogP) is 5.12. The van der Waals surface area contributed by atoms with Crippen LogP contribution in [0.1, 0.15) is 96.2 Å². The van der Waals surface area contributed by atoms with Gasteiger partial charge in [-0.15, -0.1) is 0 Å². The molecule has 1 atom stereocenters. The van der Waals surface area contributed by atoms with Crippen LogP contribution in [0.2, 0.25) is 0 Å². The van der Waals surface area contributed by atoms with Gasteiger partial charge in [0.25, 0.3) is 0 Å². The SMILES string of the molecule is CCOC(=O)C1=c2/c(=C/c3ccc(C(C)C)cc3)c(N)c(C(=O)OCC)n2C(=O)C(c2ccc(C(C)C)cc2)S1. The van der Waals surface area contributed by atoms with Crippen molar-refractivity contribution < 1.29 is 23.9 Å². The molecule has 1 aromatic heterocycles. The third-order valence-electron chi connectivity index (χ3n) is 6.89. The molecular weight excluding hydrogens is 524 g/mol. The van der Waals surface area contributed by atoms with Gasteiger partial charge in [0.15, 0.2) is 5.69 Å². The smallest absolute Gasteiger partial charge is 0.357 e. The first-order valence-corrected chi connectivity index (χ1v) is 14.5. The summed E-state index contributed by atoms with van der Waals surface area (Å²) >= 11 is 1.12. The Balaban J connectivity index is 2.02. The van der Waals surface area contributed by atoms with E-state index in [2.05, 4.69) is 27.7 Å². The molecule has 1 unspecified atom stereocenters. The number of fused-ring (bicyclic) bond motifs is 1. The molecule has 2 N–H and O–H groups in total. The maximum absolute atomic E-state index is 14.1. The highest BCUT2D eigenvalue weighted by atomic mass is 32.2. The van der Waals surface area contributed by atoms with Crippen LogP contribution in [0.4, 0.5) is 5.69 Å². The second-order valence-electron chi connectivity index (χ2n) is 10.3. The van der Waals surface area contributed by atoms with Crippen molar-refractivity contribution in [1.29, 1.82) is 0 Å². The highest BCUT2D eigenvalue weighted by molar-refractivity contribution is 8.10. The van der Waals surface area contributed by atoms with Gasteiger partial charge in [-0.25, -0.2) is 9.59 Å². The average Bonchev–Trinajstić information content (AvgIpc) is 3.21. The summed E-state index contributed by atoms with van der Waals surface area (Å²) in [5.41, 5.74) is 10.4. The summed E-state index contributed by atoms with van der Waals surface area (Å²) in [6.07, 6.45) is 1.79. The lowest BCUT2D eigenvalue weighted by molar-refractivity contribution is -0.135. The molecule has 210 valence electrons. The first-order chi connectivity index (χ1) is 19.1. The highest BCUT2D eigenvalue weighted by Gasteiger charge is 2.38. The predicted molar refractivity (Wildman–Crippen MR) is 160 cm³/mol. The van der Waals surface area contributed by atoms with E-state index < -0.39 is 17.2 Å². The van der Waals surface area contributed by atoms with Gasteiger partial charge in [-0.05, 0) is 54.0 Å². The zero-order chi connectivity index (χ0) is 29.1. The van der Waals surface area contributed by atoms with Gasteiger partial charge < -0.3 is 15.2 Å². The van der Waals surface area contributed by atoms with Crippen LogP contribution in [0, 0.1) is 0 Å². The maximum Gasteiger partial charge on any atom is 0.357 e. The molecule has 8 heteroatoms. The first kappa shape index (κ1) is 29.2. The van der Waals surface area contributed by atoms with Gasteiger partial charge in [0.05, 0.1) is 24.3 Å². The number of aromatic nitrogens is 1. The Morgan fingerprint density at radius 2 is 1.43 bits per heavy atom. The second kappa shape index (κ2) is 12.2. The number of anilines is 1. The van der Waals surface area contributed by atoms with E-state index in [9.17, 15) is 14.4 Å². The van der Waals surface area contributed by atoms with E-state index in [1.54, 1.807) is 19.9 Å². The van der Waals surface area contributed by atoms with Crippen molar-refractivity contribution in [3.8, 4) is 0 Å². The highest BCUT2D eigenvalue weighted by Crippen LogP contribution is 2.40. The van der Waals surface area contributed by atoms with Gasteiger partial charge in [-0.1, -0.05) is 88.0 Å². The maximum atomic E-state index is 14.1. The number of nitrogens with two attached hydrogens (primary N) is 1. The number of ether oxygens (including phenoxy) is 2. The standard InChI is InChI=1S/C32H36N2O5S/c1-7-38-31(36)27-25(33)24(17-20-9-11-21(12-10-20)18(3)4)26-29(32(37)39-8-2)40-28(30(35)34(26)27)23-15-13-22(14-16-23)19(5)6/h9-19,28H,7-8,33H2,1-6H3/b24-17+. The lowest BCUT2D eigenvalue weighted by Crippen LogP contribution is -2.42. The molecule has 1 aliphatic heterocycles. The number of nitrogen functional groups attached to an aromatic ring is 1. The van der Waals surface area contributed by atoms with Crippen LogP contribution >= 0.6 is 11.8 Å². The quantitative estimate of drug-likeness (QED) is 0.382. The number of rotatable bonds is 8. The van der Waals surface area contributed by atoms with Crippen molar-refractivity contribution in [2.75, 3.05) is 18.9 Å². The number of esters is 2. The Kier molecular flexibility index (Phi) is 8.88. The third-order valence-corrected chi connectivity index (χ3v) is 8.20. The van der Waals surface area contributed by atoms with Crippen molar-refractivity contribution in [2.45, 2.75) is 58.6 Å². The monoisotopic (exact) mass is 560 g/mol. The molecule has 0 amide bonds. The van der Waals surface area contributed by atoms with Crippen molar-refractivity contribution in [1.82, 2.24) is 4.57 Å². The summed E-state index contributed by atoms with van der Waals surface area (Å²) in [5, 5.41) is -0.138. The summed E-state index contributed by atoms with van der Waals surface area (Å²) in [6, 6.07) is 15.7. The lowest BCUT2D eigenvalue weighted by Gasteiger charge is -2.24. The summed E-state index contributed by atoms with van der Waals surface area (Å²) < 4.78 is 12.0. The Labute approximate surface area is 239 Å². The lowest BCUT2D eigenvalue weighted by atomic mass is 10.0. The minimum atomic E-state index is -0.786. The zero-order valence-electron chi connectivity index (χ0n) is 23.8. The number of benzene rings is 2. The van der Waals surface area contributed by atoms with Crippen LogP contribution < -0.4 is 16.3 Å². The molecule has 0 spiro atoms. The minimum Gasteiger partial charge on any atom is -0.462 e. The first-order valence-electron chi connectivity index (χ1n) is 13.6. The number of hydrogen-bond acceptors (Lipinski definition) is 7. The molecule has 2 aromatic carbocycles. The van der Waals surface area contributed by atoms with Crippen LogP contribution in [0.3, 0.4) is 0 Å². The zero-order valence-corrected chi connectivity index (χ0v) is 24.6. The average molecular weight is 561 g/mol. The Hall–Kier alpha value is -3.78. The molecular formula is C32H36N2O5S. The number of carbonyl (C=O) groups is 3. The second-order valence-corrected chi connectivity index (χ2v) is 11.4. The van der Waals surface area contributed by atoms with E-state index in [0.717, 1.165) is 22.9 Å². The molecule has 2 heterocycles. The van der Waals surface area contributed by atoms with Gasteiger partial charge in [0.2, 0.25) is 5.91 Å². The molecule has 3 aromatic rings. The topological polar surface area (TPSA) is 101 Å². The molecule has 0 aliphatic carbocycles. The van der Waals surface area contributed by atoms with Crippen molar-refractivity contribution in [3.63, 3.8) is 0 Å². The number of thioether (sulfide) groups is 1. The van der Waals surface area contributed by atoms with E-state index >= 15 is 0 Å². The van der Waals surface area contributed by atoms with Crippen LogP contribution in [-0.4, -0.2) is 35.6 Å². The largest absolute Gasteiger partial charge is 0.462 e. The number of nitrogens with zero attached hydrogens (tertiary/aromatic N) is 1. The molecule has 7 nitrogen and oxygen atoms in total. The molecule has 40 heavy (non-hydrogen) atoms. The fraction of sp³-hybridized carbons (Fsp3) is 0.344. The third kappa shape index (κ3) is 5.59. The summed E-state index contributed by atoms with van der Waals surface area (Å²) in [4.78, 5) is 40.9. The molecule has 0 saturated carbocycles. The summed E-state index contributed by atoms with van der Waals surface area (Å²) in [5.74, 6) is -1.00. The van der Waals surface area contributed by atoms with E-state index in [0.29, 0.717) is 22.6 Å². The van der Waals surface area contributed by atoms with Gasteiger partial charge in [-0.3, -0.25) is 9.36 Å². The summed E-state index contributed by atoms with van der Waals surface area (Å²) in [7, 11) is 0. The molecule has 0 saturated heterocycles. The van der Waals surface area contributed by atoms with E-state index in [4.69, 9.17) is 15.2 Å². The molecule has 0 radical (unpaired) electrons. The Bertz CT molecular complexity index is 1550. The van der Waals surface area contributed by atoms with Crippen LogP contribution in [0.15, 0.2) is 48.5 Å². The van der Waals surface area contributed by atoms with Gasteiger partial charge >= 0.3 is 11.9 Å². The van der Waals surface area contributed by atoms with Crippen molar-refractivity contribution in [2.24, 2.45) is 0 Å². The fourth-order valence-electron chi connectivity index (χ4n) is 4.69. The van der Waals surface area contributed by atoms with Crippen LogP contribution in [0.5, 0.6) is 0 Å². The van der Waals surface area contributed by atoms with E-state index in [1.807, 2.05) is 48.5 Å². The van der Waals surface area contributed by atoms with Gasteiger partial charge in [-0.2, -0.15) is 0 Å². The van der Waals surface area contributed by atoms with E-state index in [-0.39, 0.29) is 40.8 Å². The molecule has 1 aliphatic rings. The van der Waals surface area contributed by atoms with Crippen LogP contribution in [-0.2, 0) is 14.3 Å². The minimum absolute atomic E-state index is 0.0768. The Morgan fingerprint density at radius 1 is 0.900 bits per heavy atom. The molecule has 0 bridgehead atoms. The molecule has 4 rings (SSSR count). The molecule has 0 fully saturated rings. The number of hydrogen-bond donors (Lipinski definition) is 1. The van der Waals surface area contributed by atoms with E-state index in [1.165, 1.54) is 10.1 Å². The summed E-state index contributed by atoms with van der Waals surface area (Å²) in [6.45, 7) is 12.1. The van der Waals surface area contributed by atoms with Gasteiger partial charge in [0.1, 0.15) is 10.2 Å². The Morgan fingerprint density at radius 3 is 1.95 bits per heavy atom. The van der Waals surface area contributed by atoms with Gasteiger partial charge in [0, 0.05) is 5.22 Å². The van der Waals surface area contributed by atoms with Crippen molar-refractivity contribution >= 4 is 46.3 Å². The number of carbonyl (C=O) groups excluding carboxylic acids is 3. The normalized spacial score (nSPS) is 15.5. The van der Waals surface area contributed by atoms with Crippen molar-refractivity contribution in [3.05, 3.63) is 87.0 Å².